The van der Waals surface area contributed by atoms with Crippen molar-refractivity contribution in [1.82, 2.24) is 4.98 Å². The Morgan fingerprint density at radius 2 is 1.93 bits per heavy atom. The standard InChI is InChI=1S/C7H7BF3NO2/c9-7(10,11)6-2-1-5(4-12-6)3-8(13)14/h1-2,4,13-14H,3H2. The van der Waals surface area contributed by atoms with Crippen molar-refractivity contribution in [3.05, 3.63) is 29.6 Å². The molecule has 1 rings (SSSR count). The van der Waals surface area contributed by atoms with Gasteiger partial charge in [0.25, 0.3) is 0 Å². The van der Waals surface area contributed by atoms with Crippen molar-refractivity contribution >= 4 is 7.12 Å². The summed E-state index contributed by atoms with van der Waals surface area (Å²) in [6, 6.07) is 1.97. The van der Waals surface area contributed by atoms with E-state index in [0.717, 1.165) is 18.3 Å². The molecule has 0 spiro atoms. The summed E-state index contributed by atoms with van der Waals surface area (Å²) < 4.78 is 36.1. The van der Waals surface area contributed by atoms with E-state index in [2.05, 4.69) is 4.98 Å². The minimum atomic E-state index is -4.46. The summed E-state index contributed by atoms with van der Waals surface area (Å²) in [6.07, 6.45) is -3.62. The highest BCUT2D eigenvalue weighted by Gasteiger charge is 2.32. The molecule has 76 valence electrons. The molecule has 0 aliphatic rings. The Morgan fingerprint density at radius 1 is 1.29 bits per heavy atom. The van der Waals surface area contributed by atoms with Crippen molar-refractivity contribution in [2.24, 2.45) is 0 Å². The van der Waals surface area contributed by atoms with Gasteiger partial charge in [-0.2, -0.15) is 13.2 Å². The van der Waals surface area contributed by atoms with Crippen LogP contribution < -0.4 is 0 Å². The second-order valence-corrected chi connectivity index (χ2v) is 2.73. The molecule has 0 radical (unpaired) electrons. The summed E-state index contributed by atoms with van der Waals surface area (Å²) in [7, 11) is -1.58. The molecule has 2 N–H and O–H groups in total. The lowest BCUT2D eigenvalue weighted by atomic mass is 9.82. The van der Waals surface area contributed by atoms with Crippen molar-refractivity contribution < 1.29 is 23.2 Å². The quantitative estimate of drug-likeness (QED) is 0.697. The van der Waals surface area contributed by atoms with Crippen LogP contribution in [0.1, 0.15) is 11.3 Å². The van der Waals surface area contributed by atoms with E-state index in [-0.39, 0.29) is 6.32 Å². The lowest BCUT2D eigenvalue weighted by Gasteiger charge is -2.05. The molecule has 0 aliphatic heterocycles. The van der Waals surface area contributed by atoms with Gasteiger partial charge < -0.3 is 10.0 Å². The number of nitrogens with zero attached hydrogens (tertiary/aromatic N) is 1. The Bertz CT molecular complexity index is 299. The van der Waals surface area contributed by atoms with Crippen LogP contribution in [-0.4, -0.2) is 22.2 Å². The summed E-state index contributed by atoms with van der Waals surface area (Å²) in [4.78, 5) is 3.16. The number of alkyl halides is 3. The summed E-state index contributed by atoms with van der Waals surface area (Å²) in [5, 5.41) is 17.1. The zero-order chi connectivity index (χ0) is 10.8. The van der Waals surface area contributed by atoms with Crippen LogP contribution in [0.3, 0.4) is 0 Å². The van der Waals surface area contributed by atoms with E-state index in [1.54, 1.807) is 0 Å². The largest absolute Gasteiger partial charge is 0.456 e. The van der Waals surface area contributed by atoms with Crippen molar-refractivity contribution in [2.45, 2.75) is 12.5 Å². The molecular weight excluding hydrogens is 198 g/mol. The monoisotopic (exact) mass is 205 g/mol. The average Bonchev–Trinajstić information content (AvgIpc) is 2.02. The molecule has 0 aromatic carbocycles. The summed E-state index contributed by atoms with van der Waals surface area (Å²) >= 11 is 0. The fourth-order valence-electron chi connectivity index (χ4n) is 0.924. The van der Waals surface area contributed by atoms with E-state index >= 15 is 0 Å². The van der Waals surface area contributed by atoms with Crippen LogP contribution in [0.5, 0.6) is 0 Å². The molecule has 0 saturated heterocycles. The Labute approximate surface area is 78.4 Å². The normalized spacial score (nSPS) is 11.5. The molecule has 1 heterocycles. The van der Waals surface area contributed by atoms with Gasteiger partial charge in [0, 0.05) is 12.5 Å². The van der Waals surface area contributed by atoms with Crippen LogP contribution in [-0.2, 0) is 12.5 Å². The van der Waals surface area contributed by atoms with Crippen LogP contribution in [0.15, 0.2) is 18.3 Å². The minimum Gasteiger partial charge on any atom is -0.427 e. The molecule has 0 aliphatic carbocycles. The second kappa shape index (κ2) is 3.97. The number of rotatable bonds is 2. The van der Waals surface area contributed by atoms with Crippen LogP contribution >= 0.6 is 0 Å². The third kappa shape index (κ3) is 3.00. The first-order valence-corrected chi connectivity index (χ1v) is 3.78. The van der Waals surface area contributed by atoms with E-state index in [1.165, 1.54) is 0 Å². The lowest BCUT2D eigenvalue weighted by Crippen LogP contribution is -2.16. The van der Waals surface area contributed by atoms with E-state index in [1.807, 2.05) is 0 Å². The van der Waals surface area contributed by atoms with Gasteiger partial charge >= 0.3 is 13.3 Å². The van der Waals surface area contributed by atoms with Gasteiger partial charge in [0.2, 0.25) is 0 Å². The van der Waals surface area contributed by atoms with E-state index in [0.29, 0.717) is 5.56 Å². The topological polar surface area (TPSA) is 53.4 Å². The minimum absolute atomic E-state index is 0.134. The molecule has 7 heteroatoms. The predicted octanol–water partition coefficient (Wildman–Crippen LogP) is 0.655. The number of aromatic nitrogens is 1. The molecule has 0 bridgehead atoms. The lowest BCUT2D eigenvalue weighted by molar-refractivity contribution is -0.141. The van der Waals surface area contributed by atoms with Gasteiger partial charge in [-0.15, -0.1) is 0 Å². The molecule has 14 heavy (non-hydrogen) atoms. The van der Waals surface area contributed by atoms with Crippen molar-refractivity contribution in [1.29, 1.82) is 0 Å². The van der Waals surface area contributed by atoms with Gasteiger partial charge in [0.05, 0.1) is 0 Å². The van der Waals surface area contributed by atoms with Gasteiger partial charge in [-0.3, -0.25) is 4.98 Å². The first kappa shape index (κ1) is 11.0. The molecule has 0 saturated carbocycles. The van der Waals surface area contributed by atoms with Crippen LogP contribution in [0.2, 0.25) is 0 Å². The third-order valence-corrected chi connectivity index (χ3v) is 1.53. The zero-order valence-electron chi connectivity index (χ0n) is 6.99. The zero-order valence-corrected chi connectivity index (χ0v) is 6.99. The Balaban J connectivity index is 2.79. The van der Waals surface area contributed by atoms with Gasteiger partial charge in [-0.25, -0.2) is 0 Å². The van der Waals surface area contributed by atoms with Crippen LogP contribution in [0.25, 0.3) is 0 Å². The highest BCUT2D eigenvalue weighted by Crippen LogP contribution is 2.27. The predicted molar refractivity (Wildman–Crippen MR) is 43.1 cm³/mol. The molecule has 0 amide bonds. The Hall–Kier alpha value is -1.08. The fourth-order valence-corrected chi connectivity index (χ4v) is 0.924. The highest BCUT2D eigenvalue weighted by atomic mass is 19.4. The number of pyridine rings is 1. The van der Waals surface area contributed by atoms with Crippen LogP contribution in [0, 0.1) is 0 Å². The number of halogens is 3. The molecule has 1 aromatic rings. The Kier molecular flexibility index (Phi) is 3.12. The van der Waals surface area contributed by atoms with E-state index in [9.17, 15) is 13.2 Å². The molecule has 0 atom stereocenters. The maximum atomic E-state index is 12.0. The van der Waals surface area contributed by atoms with Gasteiger partial charge in [0.1, 0.15) is 5.69 Å². The first-order chi connectivity index (χ1) is 6.39. The summed E-state index contributed by atoms with van der Waals surface area (Å²) in [5.74, 6) is 0. The molecular formula is C7H7BF3NO2. The second-order valence-electron chi connectivity index (χ2n) is 2.73. The first-order valence-electron chi connectivity index (χ1n) is 3.78. The highest BCUT2D eigenvalue weighted by molar-refractivity contribution is 6.40. The van der Waals surface area contributed by atoms with E-state index in [4.69, 9.17) is 10.0 Å². The number of hydrogen-bond acceptors (Lipinski definition) is 3. The average molecular weight is 205 g/mol. The fraction of sp³-hybridized carbons (Fsp3) is 0.286. The van der Waals surface area contributed by atoms with Crippen molar-refractivity contribution in [3.63, 3.8) is 0 Å². The Morgan fingerprint density at radius 3 is 2.29 bits per heavy atom. The molecule has 0 unspecified atom stereocenters. The molecule has 3 nitrogen and oxygen atoms in total. The van der Waals surface area contributed by atoms with Crippen LogP contribution in [0.4, 0.5) is 13.2 Å². The maximum absolute atomic E-state index is 12.0. The molecule has 0 fully saturated rings. The van der Waals surface area contributed by atoms with Crippen molar-refractivity contribution in [3.8, 4) is 0 Å². The third-order valence-electron chi connectivity index (χ3n) is 1.53. The van der Waals surface area contributed by atoms with Gasteiger partial charge in [-0.1, -0.05) is 6.07 Å². The van der Waals surface area contributed by atoms with Gasteiger partial charge in [0.15, 0.2) is 0 Å². The molecule has 1 aromatic heterocycles. The summed E-state index contributed by atoms with van der Waals surface area (Å²) in [6.45, 7) is 0. The number of hydrogen-bond donors (Lipinski definition) is 2. The SMILES string of the molecule is OB(O)Cc1ccc(C(F)(F)F)nc1. The van der Waals surface area contributed by atoms with E-state index < -0.39 is 19.0 Å². The van der Waals surface area contributed by atoms with Crippen molar-refractivity contribution in [2.75, 3.05) is 0 Å². The van der Waals surface area contributed by atoms with Gasteiger partial charge in [-0.05, 0) is 11.6 Å². The summed E-state index contributed by atoms with van der Waals surface area (Å²) in [5.41, 5.74) is -0.651. The maximum Gasteiger partial charge on any atom is 0.456 e. The smallest absolute Gasteiger partial charge is 0.427 e.